The lowest BCUT2D eigenvalue weighted by atomic mass is 9.57. The van der Waals surface area contributed by atoms with Crippen molar-refractivity contribution in [2.24, 2.45) is 22.2 Å². The van der Waals surface area contributed by atoms with Crippen molar-refractivity contribution in [2.45, 2.75) is 72.1 Å². The molecule has 1 saturated heterocycles. The van der Waals surface area contributed by atoms with Crippen LogP contribution in [0.1, 0.15) is 53.9 Å². The third-order valence-corrected chi connectivity index (χ3v) is 5.18. The summed E-state index contributed by atoms with van der Waals surface area (Å²) in [6.45, 7) is 12.3. The van der Waals surface area contributed by atoms with E-state index in [1.54, 1.807) is 0 Å². The van der Waals surface area contributed by atoms with E-state index in [1.807, 2.05) is 7.05 Å². The smallest absolute Gasteiger partial charge is 0.191 e. The highest BCUT2D eigenvalue weighted by Gasteiger charge is 2.59. The molecule has 122 valence electrons. The van der Waals surface area contributed by atoms with E-state index in [4.69, 9.17) is 4.74 Å². The molecule has 0 bridgehead atoms. The van der Waals surface area contributed by atoms with Gasteiger partial charge < -0.3 is 15.4 Å². The first kappa shape index (κ1) is 16.6. The highest BCUT2D eigenvalue weighted by molar-refractivity contribution is 5.80. The van der Waals surface area contributed by atoms with Crippen molar-refractivity contribution in [1.82, 2.24) is 10.6 Å². The second-order valence-electron chi connectivity index (χ2n) is 7.78. The summed E-state index contributed by atoms with van der Waals surface area (Å²) in [5.41, 5.74) is 0.194. The minimum Gasteiger partial charge on any atom is -0.377 e. The molecular formula is C17H33N3O. The lowest BCUT2D eigenvalue weighted by Crippen LogP contribution is -2.68. The number of rotatable bonds is 5. The van der Waals surface area contributed by atoms with Crippen LogP contribution in [0.4, 0.5) is 0 Å². The van der Waals surface area contributed by atoms with Crippen LogP contribution in [0.15, 0.2) is 4.99 Å². The summed E-state index contributed by atoms with van der Waals surface area (Å²) in [6.07, 6.45) is 4.03. The number of hydrogen-bond donors (Lipinski definition) is 2. The summed E-state index contributed by atoms with van der Waals surface area (Å²) in [4.78, 5) is 4.41. The first-order valence-electron chi connectivity index (χ1n) is 8.47. The minimum atomic E-state index is 0.194. The molecule has 2 aliphatic rings. The van der Waals surface area contributed by atoms with Gasteiger partial charge in [0, 0.05) is 37.1 Å². The topological polar surface area (TPSA) is 45.7 Å². The van der Waals surface area contributed by atoms with Crippen molar-refractivity contribution in [3.8, 4) is 0 Å². The summed E-state index contributed by atoms with van der Waals surface area (Å²) in [7, 11) is 1.86. The van der Waals surface area contributed by atoms with Gasteiger partial charge >= 0.3 is 0 Å². The molecular weight excluding hydrogens is 262 g/mol. The van der Waals surface area contributed by atoms with E-state index in [-0.39, 0.29) is 5.41 Å². The molecule has 0 aromatic rings. The summed E-state index contributed by atoms with van der Waals surface area (Å²) < 4.78 is 5.86. The van der Waals surface area contributed by atoms with E-state index >= 15 is 0 Å². The predicted molar refractivity (Wildman–Crippen MR) is 88.6 cm³/mol. The van der Waals surface area contributed by atoms with Gasteiger partial charge in [0.05, 0.1) is 6.10 Å². The van der Waals surface area contributed by atoms with Gasteiger partial charge in [0.25, 0.3) is 0 Å². The third kappa shape index (κ3) is 3.53. The van der Waals surface area contributed by atoms with Crippen molar-refractivity contribution in [3.63, 3.8) is 0 Å². The van der Waals surface area contributed by atoms with E-state index in [1.165, 1.54) is 19.3 Å². The molecule has 4 atom stereocenters. The zero-order valence-electron chi connectivity index (χ0n) is 14.6. The maximum atomic E-state index is 5.86. The van der Waals surface area contributed by atoms with Gasteiger partial charge in [0.2, 0.25) is 0 Å². The van der Waals surface area contributed by atoms with Crippen LogP contribution < -0.4 is 10.6 Å². The van der Waals surface area contributed by atoms with Crippen LogP contribution >= 0.6 is 0 Å². The molecule has 2 N–H and O–H groups in total. The Kier molecular flexibility index (Phi) is 5.18. The number of nitrogens with zero attached hydrogens (tertiary/aromatic N) is 1. The van der Waals surface area contributed by atoms with Gasteiger partial charge in [-0.1, -0.05) is 27.7 Å². The lowest BCUT2D eigenvalue weighted by molar-refractivity contribution is -0.106. The molecule has 1 saturated carbocycles. The second kappa shape index (κ2) is 6.55. The Morgan fingerprint density at radius 2 is 2.00 bits per heavy atom. The van der Waals surface area contributed by atoms with Crippen molar-refractivity contribution < 1.29 is 4.74 Å². The third-order valence-electron chi connectivity index (χ3n) is 5.18. The molecule has 4 unspecified atom stereocenters. The molecule has 1 aliphatic heterocycles. The van der Waals surface area contributed by atoms with E-state index in [0.717, 1.165) is 18.5 Å². The minimum absolute atomic E-state index is 0.194. The van der Waals surface area contributed by atoms with Gasteiger partial charge in [0.1, 0.15) is 0 Å². The fraction of sp³-hybridized carbons (Fsp3) is 0.941. The Balaban J connectivity index is 1.85. The Morgan fingerprint density at radius 1 is 1.29 bits per heavy atom. The maximum Gasteiger partial charge on any atom is 0.191 e. The van der Waals surface area contributed by atoms with Crippen molar-refractivity contribution in [1.29, 1.82) is 0 Å². The van der Waals surface area contributed by atoms with Crippen LogP contribution in [0, 0.1) is 17.3 Å². The predicted octanol–water partition coefficient (Wildman–Crippen LogP) is 2.79. The van der Waals surface area contributed by atoms with E-state index in [2.05, 4.69) is 50.2 Å². The average Bonchev–Trinajstić information content (AvgIpc) is 2.87. The number of hydrogen-bond acceptors (Lipinski definition) is 2. The number of aliphatic imine (C=N–C) groups is 1. The number of nitrogens with one attached hydrogen (secondary N) is 2. The molecule has 1 heterocycles. The first-order valence-corrected chi connectivity index (χ1v) is 8.47. The molecule has 0 aromatic carbocycles. The molecule has 21 heavy (non-hydrogen) atoms. The molecule has 4 heteroatoms. The molecule has 2 fully saturated rings. The van der Waals surface area contributed by atoms with Gasteiger partial charge in [-0.25, -0.2) is 0 Å². The first-order chi connectivity index (χ1) is 9.86. The van der Waals surface area contributed by atoms with Crippen molar-refractivity contribution >= 4 is 5.96 Å². The fourth-order valence-electron chi connectivity index (χ4n) is 3.82. The van der Waals surface area contributed by atoms with Crippen LogP contribution in [0.25, 0.3) is 0 Å². The molecule has 0 spiro atoms. The van der Waals surface area contributed by atoms with E-state index in [9.17, 15) is 0 Å². The standard InChI is InChI=1S/C17H33N3O/c1-11(2)7-8-12(3)19-16(18-6)20-14-13-9-10-21-15(13)17(14,4)5/h11-15H,7-10H2,1-6H3,(H2,18,19,20). The normalized spacial score (nSPS) is 32.5. The van der Waals surface area contributed by atoms with E-state index in [0.29, 0.717) is 24.1 Å². The van der Waals surface area contributed by atoms with Crippen LogP contribution in [0.3, 0.4) is 0 Å². The quantitative estimate of drug-likeness (QED) is 0.605. The molecule has 4 nitrogen and oxygen atoms in total. The van der Waals surface area contributed by atoms with Gasteiger partial charge in [-0.2, -0.15) is 0 Å². The molecule has 0 aromatic heterocycles. The second-order valence-corrected chi connectivity index (χ2v) is 7.78. The molecule has 0 radical (unpaired) electrons. The van der Waals surface area contributed by atoms with Crippen LogP contribution in [-0.4, -0.2) is 37.8 Å². The largest absolute Gasteiger partial charge is 0.377 e. The van der Waals surface area contributed by atoms with Crippen LogP contribution in [0.2, 0.25) is 0 Å². The Labute approximate surface area is 130 Å². The van der Waals surface area contributed by atoms with Gasteiger partial charge in [-0.3, -0.25) is 4.99 Å². The Hall–Kier alpha value is -0.770. The monoisotopic (exact) mass is 295 g/mol. The number of fused-ring (bicyclic) bond motifs is 1. The zero-order valence-corrected chi connectivity index (χ0v) is 14.6. The Morgan fingerprint density at radius 3 is 2.62 bits per heavy atom. The zero-order chi connectivity index (χ0) is 15.6. The molecule has 0 amide bonds. The SMILES string of the molecule is CN=C(NC(C)CCC(C)C)NC1C2CCOC2C1(C)C. The summed E-state index contributed by atoms with van der Waals surface area (Å²) in [6, 6.07) is 0.922. The summed E-state index contributed by atoms with van der Waals surface area (Å²) in [5.74, 6) is 2.34. The van der Waals surface area contributed by atoms with Gasteiger partial charge in [-0.15, -0.1) is 0 Å². The van der Waals surface area contributed by atoms with Crippen LogP contribution in [0.5, 0.6) is 0 Å². The van der Waals surface area contributed by atoms with Gasteiger partial charge in [0.15, 0.2) is 5.96 Å². The highest BCUT2D eigenvalue weighted by atomic mass is 16.5. The van der Waals surface area contributed by atoms with E-state index < -0.39 is 0 Å². The fourth-order valence-corrected chi connectivity index (χ4v) is 3.82. The van der Waals surface area contributed by atoms with Crippen LogP contribution in [-0.2, 0) is 4.74 Å². The maximum absolute atomic E-state index is 5.86. The van der Waals surface area contributed by atoms with Crippen molar-refractivity contribution in [2.75, 3.05) is 13.7 Å². The summed E-state index contributed by atoms with van der Waals surface area (Å²) in [5, 5.41) is 7.18. The van der Waals surface area contributed by atoms with Crippen molar-refractivity contribution in [3.05, 3.63) is 0 Å². The number of ether oxygens (including phenoxy) is 1. The lowest BCUT2D eigenvalue weighted by Gasteiger charge is -2.55. The van der Waals surface area contributed by atoms with Gasteiger partial charge in [-0.05, 0) is 32.1 Å². The summed E-state index contributed by atoms with van der Waals surface area (Å²) >= 11 is 0. The molecule has 2 rings (SSSR count). The Bertz CT molecular complexity index is 378. The average molecular weight is 295 g/mol. The molecule has 1 aliphatic carbocycles. The highest BCUT2D eigenvalue weighted by Crippen LogP contribution is 2.52. The number of guanidine groups is 1.